The van der Waals surface area contributed by atoms with Gasteiger partial charge in [-0.3, -0.25) is 4.79 Å². The maximum absolute atomic E-state index is 12.2. The van der Waals surface area contributed by atoms with Crippen LogP contribution in [0.3, 0.4) is 0 Å². The van der Waals surface area contributed by atoms with Crippen molar-refractivity contribution in [3.8, 4) is 0 Å². The van der Waals surface area contributed by atoms with E-state index in [2.05, 4.69) is 20.4 Å². The molecule has 0 bridgehead atoms. The van der Waals surface area contributed by atoms with Crippen LogP contribution in [-0.2, 0) is 4.79 Å². The van der Waals surface area contributed by atoms with Gasteiger partial charge >= 0.3 is 0 Å². The number of nitrogens with zero attached hydrogens (tertiary/aromatic N) is 3. The summed E-state index contributed by atoms with van der Waals surface area (Å²) in [6, 6.07) is 0.409. The molecule has 2 aliphatic carbocycles. The van der Waals surface area contributed by atoms with Crippen molar-refractivity contribution >= 4 is 22.4 Å². The molecule has 3 fully saturated rings. The van der Waals surface area contributed by atoms with Crippen LogP contribution in [0.4, 0.5) is 5.13 Å². The van der Waals surface area contributed by atoms with Crippen molar-refractivity contribution in [1.29, 1.82) is 0 Å². The number of amides is 1. The lowest BCUT2D eigenvalue weighted by Gasteiger charge is -2.22. The first-order valence-corrected chi connectivity index (χ1v) is 8.03. The molecule has 3 aliphatic rings. The molecule has 1 atom stereocenters. The number of carbonyl (C=O) groups is 1. The quantitative estimate of drug-likeness (QED) is 0.910. The predicted octanol–water partition coefficient (Wildman–Crippen LogP) is 1.66. The summed E-state index contributed by atoms with van der Waals surface area (Å²) in [5.41, 5.74) is 0. The first kappa shape index (κ1) is 11.6. The van der Waals surface area contributed by atoms with E-state index in [9.17, 15) is 4.79 Å². The third-order valence-electron chi connectivity index (χ3n) is 4.08. The van der Waals surface area contributed by atoms with Gasteiger partial charge in [0.05, 0.1) is 0 Å². The Labute approximate surface area is 116 Å². The largest absolute Gasteiger partial charge is 0.352 e. The normalized spacial score (nSPS) is 26.7. The van der Waals surface area contributed by atoms with E-state index in [4.69, 9.17) is 0 Å². The van der Waals surface area contributed by atoms with Gasteiger partial charge in [0.25, 0.3) is 0 Å². The van der Waals surface area contributed by atoms with Crippen LogP contribution in [0.1, 0.15) is 49.5 Å². The highest BCUT2D eigenvalue weighted by atomic mass is 32.1. The Morgan fingerprint density at radius 2 is 2.05 bits per heavy atom. The van der Waals surface area contributed by atoms with Crippen molar-refractivity contribution in [1.82, 2.24) is 15.5 Å². The first-order chi connectivity index (χ1) is 9.31. The zero-order valence-electron chi connectivity index (χ0n) is 10.8. The van der Waals surface area contributed by atoms with Crippen molar-refractivity contribution in [3.05, 3.63) is 5.01 Å². The molecule has 1 aliphatic heterocycles. The van der Waals surface area contributed by atoms with Crippen molar-refractivity contribution in [2.75, 3.05) is 11.4 Å². The van der Waals surface area contributed by atoms with Crippen LogP contribution < -0.4 is 10.2 Å². The fourth-order valence-electron chi connectivity index (χ4n) is 2.63. The van der Waals surface area contributed by atoms with Gasteiger partial charge in [-0.2, -0.15) is 0 Å². The molecule has 0 aromatic carbocycles. The molecule has 4 rings (SSSR count). The van der Waals surface area contributed by atoms with E-state index in [0.29, 0.717) is 12.0 Å². The summed E-state index contributed by atoms with van der Waals surface area (Å²) < 4.78 is 0. The van der Waals surface area contributed by atoms with E-state index in [1.54, 1.807) is 11.3 Å². The zero-order chi connectivity index (χ0) is 12.8. The molecule has 1 aromatic heterocycles. The maximum Gasteiger partial charge on any atom is 0.243 e. The SMILES string of the molecule is O=C(NC1CC1)[C@@H]1CCCN1c1nnc(C2CC2)s1. The van der Waals surface area contributed by atoms with E-state index in [1.807, 2.05) is 0 Å². The molecule has 1 N–H and O–H groups in total. The average Bonchev–Trinajstić information content (AvgIpc) is 3.31. The Bertz CT molecular complexity index is 495. The molecule has 19 heavy (non-hydrogen) atoms. The summed E-state index contributed by atoms with van der Waals surface area (Å²) in [5.74, 6) is 0.829. The fourth-order valence-corrected chi connectivity index (χ4v) is 3.72. The number of hydrogen-bond acceptors (Lipinski definition) is 5. The molecule has 2 heterocycles. The Morgan fingerprint density at radius 3 is 2.79 bits per heavy atom. The Hall–Kier alpha value is -1.17. The highest BCUT2D eigenvalue weighted by molar-refractivity contribution is 7.15. The second-order valence-electron chi connectivity index (χ2n) is 5.83. The van der Waals surface area contributed by atoms with Crippen molar-refractivity contribution < 1.29 is 4.79 Å². The number of carbonyl (C=O) groups excluding carboxylic acids is 1. The van der Waals surface area contributed by atoms with Gasteiger partial charge < -0.3 is 10.2 Å². The first-order valence-electron chi connectivity index (χ1n) is 7.21. The highest BCUT2D eigenvalue weighted by Gasteiger charge is 2.36. The molecule has 6 heteroatoms. The third kappa shape index (κ3) is 2.33. The topological polar surface area (TPSA) is 58.1 Å². The minimum absolute atomic E-state index is 0.0272. The van der Waals surface area contributed by atoms with Crippen LogP contribution in [0.5, 0.6) is 0 Å². The van der Waals surface area contributed by atoms with E-state index >= 15 is 0 Å². The number of nitrogens with one attached hydrogen (secondary N) is 1. The summed E-state index contributed by atoms with van der Waals surface area (Å²) >= 11 is 1.68. The number of aromatic nitrogens is 2. The van der Waals surface area contributed by atoms with E-state index < -0.39 is 0 Å². The van der Waals surface area contributed by atoms with E-state index in [-0.39, 0.29) is 11.9 Å². The van der Waals surface area contributed by atoms with Gasteiger partial charge in [-0.05, 0) is 38.5 Å². The second kappa shape index (κ2) is 4.44. The molecular weight excluding hydrogens is 260 g/mol. The molecular formula is C13H18N4OS. The van der Waals surface area contributed by atoms with Crippen molar-refractivity contribution in [3.63, 3.8) is 0 Å². The molecule has 1 amide bonds. The molecule has 102 valence electrons. The summed E-state index contributed by atoms with van der Waals surface area (Å²) in [5, 5.41) is 13.8. The van der Waals surface area contributed by atoms with E-state index in [0.717, 1.165) is 42.4 Å². The molecule has 1 saturated heterocycles. The zero-order valence-corrected chi connectivity index (χ0v) is 11.7. The molecule has 0 spiro atoms. The number of rotatable bonds is 4. The lowest BCUT2D eigenvalue weighted by Crippen LogP contribution is -2.44. The van der Waals surface area contributed by atoms with Crippen LogP contribution in [0, 0.1) is 0 Å². The molecule has 0 unspecified atom stereocenters. The summed E-state index contributed by atoms with van der Waals surface area (Å²) in [6.07, 6.45) is 6.80. The lowest BCUT2D eigenvalue weighted by molar-refractivity contribution is -0.122. The Balaban J connectivity index is 1.49. The van der Waals surface area contributed by atoms with Crippen molar-refractivity contribution in [2.45, 2.75) is 56.5 Å². The Kier molecular flexibility index (Phi) is 2.72. The summed E-state index contributed by atoms with van der Waals surface area (Å²) in [6.45, 7) is 0.933. The minimum Gasteiger partial charge on any atom is -0.352 e. The maximum atomic E-state index is 12.2. The van der Waals surface area contributed by atoms with E-state index in [1.165, 1.54) is 12.8 Å². The van der Waals surface area contributed by atoms with Crippen LogP contribution in [0.25, 0.3) is 0 Å². The van der Waals surface area contributed by atoms with Gasteiger partial charge in [-0.1, -0.05) is 11.3 Å². The molecule has 1 aromatic rings. The van der Waals surface area contributed by atoms with Crippen LogP contribution in [0.15, 0.2) is 0 Å². The third-order valence-corrected chi connectivity index (χ3v) is 5.20. The molecule has 2 saturated carbocycles. The van der Waals surface area contributed by atoms with Crippen molar-refractivity contribution in [2.24, 2.45) is 0 Å². The molecule has 5 nitrogen and oxygen atoms in total. The fraction of sp³-hybridized carbons (Fsp3) is 0.769. The standard InChI is InChI=1S/C13H18N4OS/c18-11(14-9-5-6-9)10-2-1-7-17(10)13-16-15-12(19-13)8-3-4-8/h8-10H,1-7H2,(H,14,18)/t10-/m0/s1. The summed E-state index contributed by atoms with van der Waals surface area (Å²) in [4.78, 5) is 14.4. The highest BCUT2D eigenvalue weighted by Crippen LogP contribution is 2.43. The second-order valence-corrected chi connectivity index (χ2v) is 6.82. The Morgan fingerprint density at radius 1 is 1.21 bits per heavy atom. The summed E-state index contributed by atoms with van der Waals surface area (Å²) in [7, 11) is 0. The van der Waals surface area contributed by atoms with Crippen LogP contribution in [0.2, 0.25) is 0 Å². The number of hydrogen-bond donors (Lipinski definition) is 1. The van der Waals surface area contributed by atoms with Crippen LogP contribution in [-0.4, -0.2) is 34.7 Å². The van der Waals surface area contributed by atoms with Gasteiger partial charge in [0.15, 0.2) is 0 Å². The number of anilines is 1. The monoisotopic (exact) mass is 278 g/mol. The minimum atomic E-state index is -0.0272. The van der Waals surface area contributed by atoms with Crippen LogP contribution >= 0.6 is 11.3 Å². The van der Waals surface area contributed by atoms with Gasteiger partial charge in [-0.15, -0.1) is 10.2 Å². The van der Waals surface area contributed by atoms with Gasteiger partial charge in [0.1, 0.15) is 11.0 Å². The van der Waals surface area contributed by atoms with Gasteiger partial charge in [-0.25, -0.2) is 0 Å². The van der Waals surface area contributed by atoms with Gasteiger partial charge in [0, 0.05) is 18.5 Å². The van der Waals surface area contributed by atoms with Gasteiger partial charge in [0.2, 0.25) is 11.0 Å². The molecule has 0 radical (unpaired) electrons. The lowest BCUT2D eigenvalue weighted by atomic mass is 10.2. The average molecular weight is 278 g/mol. The smallest absolute Gasteiger partial charge is 0.243 e. The predicted molar refractivity (Wildman–Crippen MR) is 73.4 cm³/mol.